The monoisotopic (exact) mass is 356 g/mol. The lowest BCUT2D eigenvalue weighted by atomic mass is 10.2. The Kier molecular flexibility index (Phi) is 4.46. The average Bonchev–Trinajstić information content (AvgIpc) is 2.41. The molecule has 0 aliphatic carbocycles. The lowest BCUT2D eigenvalue weighted by Gasteiger charge is -2.09. The van der Waals surface area contributed by atoms with Gasteiger partial charge >= 0.3 is 0 Å². The van der Waals surface area contributed by atoms with Crippen LogP contribution in [0.15, 0.2) is 34.9 Å². The van der Waals surface area contributed by atoms with Gasteiger partial charge in [-0.3, -0.25) is 4.79 Å². The SMILES string of the molecule is COc1ccc(NC(=O)c2cc(Br)cnc2Cl)cc1O. The van der Waals surface area contributed by atoms with Crippen LogP contribution >= 0.6 is 27.5 Å². The van der Waals surface area contributed by atoms with Gasteiger partial charge < -0.3 is 15.2 Å². The van der Waals surface area contributed by atoms with E-state index in [9.17, 15) is 9.90 Å². The van der Waals surface area contributed by atoms with Gasteiger partial charge in [0.2, 0.25) is 0 Å². The highest BCUT2D eigenvalue weighted by atomic mass is 79.9. The molecule has 1 aromatic heterocycles. The molecule has 0 aliphatic heterocycles. The van der Waals surface area contributed by atoms with Gasteiger partial charge in [-0.05, 0) is 34.1 Å². The molecule has 2 aromatic rings. The Hall–Kier alpha value is -1.79. The molecule has 7 heteroatoms. The van der Waals surface area contributed by atoms with Gasteiger partial charge in [0.15, 0.2) is 11.5 Å². The average molecular weight is 358 g/mol. The van der Waals surface area contributed by atoms with Gasteiger partial charge in [-0.2, -0.15) is 0 Å². The molecule has 2 rings (SSSR count). The van der Waals surface area contributed by atoms with Crippen LogP contribution in [-0.2, 0) is 0 Å². The van der Waals surface area contributed by atoms with E-state index < -0.39 is 5.91 Å². The van der Waals surface area contributed by atoms with E-state index in [0.29, 0.717) is 15.9 Å². The summed E-state index contributed by atoms with van der Waals surface area (Å²) in [6.07, 6.45) is 1.50. The highest BCUT2D eigenvalue weighted by Crippen LogP contribution is 2.29. The van der Waals surface area contributed by atoms with E-state index >= 15 is 0 Å². The Morgan fingerprint density at radius 1 is 1.45 bits per heavy atom. The molecule has 0 unspecified atom stereocenters. The predicted molar refractivity (Wildman–Crippen MR) is 79.6 cm³/mol. The van der Waals surface area contributed by atoms with Gasteiger partial charge in [0.25, 0.3) is 5.91 Å². The van der Waals surface area contributed by atoms with E-state index in [1.807, 2.05) is 0 Å². The molecule has 1 aromatic carbocycles. The van der Waals surface area contributed by atoms with E-state index in [2.05, 4.69) is 26.2 Å². The van der Waals surface area contributed by atoms with Crippen molar-refractivity contribution in [2.45, 2.75) is 0 Å². The zero-order valence-electron chi connectivity index (χ0n) is 10.4. The second-order valence-electron chi connectivity index (χ2n) is 3.83. The Balaban J connectivity index is 2.23. The van der Waals surface area contributed by atoms with E-state index in [1.165, 1.54) is 19.4 Å². The van der Waals surface area contributed by atoms with Crippen LogP contribution in [0.2, 0.25) is 5.15 Å². The number of nitrogens with zero attached hydrogens (tertiary/aromatic N) is 1. The molecule has 0 bridgehead atoms. The summed E-state index contributed by atoms with van der Waals surface area (Å²) in [5.74, 6) is -0.165. The van der Waals surface area contributed by atoms with Crippen LogP contribution in [0.4, 0.5) is 5.69 Å². The number of methoxy groups -OCH3 is 1. The predicted octanol–water partition coefficient (Wildman–Crippen LogP) is 3.46. The van der Waals surface area contributed by atoms with Crippen molar-refractivity contribution in [3.8, 4) is 11.5 Å². The lowest BCUT2D eigenvalue weighted by Crippen LogP contribution is -2.13. The van der Waals surface area contributed by atoms with Crippen molar-refractivity contribution >= 4 is 39.1 Å². The molecule has 0 fully saturated rings. The quantitative estimate of drug-likeness (QED) is 0.825. The van der Waals surface area contributed by atoms with Crippen LogP contribution < -0.4 is 10.1 Å². The van der Waals surface area contributed by atoms with Gasteiger partial charge in [0.1, 0.15) is 5.15 Å². The number of nitrogens with one attached hydrogen (secondary N) is 1. The van der Waals surface area contributed by atoms with E-state index in [4.69, 9.17) is 16.3 Å². The van der Waals surface area contributed by atoms with Crippen molar-refractivity contribution in [2.75, 3.05) is 12.4 Å². The third-order valence-corrected chi connectivity index (χ3v) is 3.22. The minimum atomic E-state index is -0.423. The Morgan fingerprint density at radius 2 is 2.20 bits per heavy atom. The standard InChI is InChI=1S/C13H10BrClN2O3/c1-20-11-3-2-8(5-10(11)18)17-13(19)9-4-7(14)6-16-12(9)15/h2-6,18H,1H3,(H,17,19). The molecule has 0 saturated carbocycles. The number of carbonyl (C=O) groups excluding carboxylic acids is 1. The summed E-state index contributed by atoms with van der Waals surface area (Å²) < 4.78 is 5.57. The van der Waals surface area contributed by atoms with Crippen LogP contribution in [-0.4, -0.2) is 23.1 Å². The molecule has 2 N–H and O–H groups in total. The summed E-state index contributed by atoms with van der Waals surface area (Å²) >= 11 is 9.10. The summed E-state index contributed by atoms with van der Waals surface area (Å²) in [4.78, 5) is 16.0. The number of hydrogen-bond acceptors (Lipinski definition) is 4. The zero-order valence-corrected chi connectivity index (χ0v) is 12.7. The van der Waals surface area contributed by atoms with Gasteiger partial charge in [-0.25, -0.2) is 4.98 Å². The third kappa shape index (κ3) is 3.20. The van der Waals surface area contributed by atoms with Crippen molar-refractivity contribution in [1.82, 2.24) is 4.98 Å². The van der Waals surface area contributed by atoms with Crippen LogP contribution in [0.3, 0.4) is 0 Å². The number of phenolic OH excluding ortho intramolecular Hbond substituents is 1. The summed E-state index contributed by atoms with van der Waals surface area (Å²) in [5, 5.41) is 12.4. The maximum absolute atomic E-state index is 12.1. The smallest absolute Gasteiger partial charge is 0.258 e. The third-order valence-electron chi connectivity index (χ3n) is 2.49. The maximum Gasteiger partial charge on any atom is 0.258 e. The van der Waals surface area contributed by atoms with Gasteiger partial charge in [0.05, 0.1) is 12.7 Å². The molecule has 0 aliphatic rings. The fraction of sp³-hybridized carbons (Fsp3) is 0.0769. The number of hydrogen-bond donors (Lipinski definition) is 2. The number of carbonyl (C=O) groups is 1. The van der Waals surface area contributed by atoms with E-state index in [0.717, 1.165) is 0 Å². The number of rotatable bonds is 3. The van der Waals surface area contributed by atoms with Crippen molar-refractivity contribution in [3.63, 3.8) is 0 Å². The van der Waals surface area contributed by atoms with Crippen molar-refractivity contribution in [3.05, 3.63) is 45.7 Å². The van der Waals surface area contributed by atoms with Crippen molar-refractivity contribution < 1.29 is 14.6 Å². The lowest BCUT2D eigenvalue weighted by molar-refractivity contribution is 0.102. The molecule has 0 spiro atoms. The highest BCUT2D eigenvalue weighted by molar-refractivity contribution is 9.10. The first-order valence-corrected chi connectivity index (χ1v) is 6.67. The second kappa shape index (κ2) is 6.11. The highest BCUT2D eigenvalue weighted by Gasteiger charge is 2.13. The largest absolute Gasteiger partial charge is 0.504 e. The van der Waals surface area contributed by atoms with Crippen LogP contribution in [0.25, 0.3) is 0 Å². The van der Waals surface area contributed by atoms with Crippen LogP contribution in [0, 0.1) is 0 Å². The van der Waals surface area contributed by atoms with Gasteiger partial charge in [-0.15, -0.1) is 0 Å². The Bertz CT molecular complexity index is 664. The Morgan fingerprint density at radius 3 is 2.85 bits per heavy atom. The number of benzene rings is 1. The summed E-state index contributed by atoms with van der Waals surface area (Å²) in [6, 6.07) is 6.10. The molecular formula is C13H10BrClN2O3. The maximum atomic E-state index is 12.1. The molecule has 20 heavy (non-hydrogen) atoms. The summed E-state index contributed by atoms with van der Waals surface area (Å²) in [5.41, 5.74) is 0.653. The number of anilines is 1. The molecule has 0 atom stereocenters. The Labute approximate surface area is 128 Å². The molecule has 5 nitrogen and oxygen atoms in total. The zero-order chi connectivity index (χ0) is 14.7. The number of ether oxygens (including phenoxy) is 1. The van der Waals surface area contributed by atoms with E-state index in [1.54, 1.807) is 18.2 Å². The molecule has 0 saturated heterocycles. The minimum Gasteiger partial charge on any atom is -0.504 e. The first kappa shape index (κ1) is 14.6. The number of halogens is 2. The number of aromatic hydroxyl groups is 1. The minimum absolute atomic E-state index is 0.0660. The topological polar surface area (TPSA) is 71.5 Å². The fourth-order valence-corrected chi connectivity index (χ4v) is 2.07. The van der Waals surface area contributed by atoms with Gasteiger partial charge in [-0.1, -0.05) is 11.6 Å². The van der Waals surface area contributed by atoms with Gasteiger partial charge in [0, 0.05) is 22.4 Å². The van der Waals surface area contributed by atoms with Crippen molar-refractivity contribution in [2.24, 2.45) is 0 Å². The number of phenols is 1. The number of aromatic nitrogens is 1. The van der Waals surface area contributed by atoms with E-state index in [-0.39, 0.29) is 16.5 Å². The number of pyridine rings is 1. The van der Waals surface area contributed by atoms with Crippen molar-refractivity contribution in [1.29, 1.82) is 0 Å². The van der Waals surface area contributed by atoms with Crippen LogP contribution in [0.1, 0.15) is 10.4 Å². The first-order valence-electron chi connectivity index (χ1n) is 5.50. The summed E-state index contributed by atoms with van der Waals surface area (Å²) in [6.45, 7) is 0. The van der Waals surface area contributed by atoms with Crippen LogP contribution in [0.5, 0.6) is 11.5 Å². The second-order valence-corrected chi connectivity index (χ2v) is 5.11. The molecule has 1 amide bonds. The molecule has 104 valence electrons. The molecule has 1 heterocycles. The first-order chi connectivity index (χ1) is 9.51. The molecular weight excluding hydrogens is 348 g/mol. The normalized spacial score (nSPS) is 10.2. The molecule has 0 radical (unpaired) electrons. The fourth-order valence-electron chi connectivity index (χ4n) is 1.55. The summed E-state index contributed by atoms with van der Waals surface area (Å²) in [7, 11) is 1.44. The number of amides is 1.